The molecule has 7 heteroatoms. The molecule has 3 aromatic rings. The van der Waals surface area contributed by atoms with E-state index in [1.807, 2.05) is 13.0 Å². The van der Waals surface area contributed by atoms with Crippen molar-refractivity contribution in [2.75, 3.05) is 19.5 Å². The lowest BCUT2D eigenvalue weighted by atomic mass is 10.1. The molecule has 2 aromatic carbocycles. The smallest absolute Gasteiger partial charge is 0.252 e. The van der Waals surface area contributed by atoms with E-state index in [9.17, 15) is 4.79 Å². The number of aryl methyl sites for hydroxylation is 1. The Kier molecular flexibility index (Phi) is 4.86. The first-order valence-electron chi connectivity index (χ1n) is 7.82. The molecule has 1 aromatic heterocycles. The Morgan fingerprint density at radius 1 is 1.12 bits per heavy atom. The predicted octanol–water partition coefficient (Wildman–Crippen LogP) is 4.06. The van der Waals surface area contributed by atoms with Gasteiger partial charge in [0, 0.05) is 22.2 Å². The van der Waals surface area contributed by atoms with Gasteiger partial charge in [0.2, 0.25) is 0 Å². The molecule has 6 nitrogen and oxygen atoms in total. The van der Waals surface area contributed by atoms with E-state index in [1.165, 1.54) is 0 Å². The molecule has 0 bridgehead atoms. The lowest BCUT2D eigenvalue weighted by Crippen LogP contribution is -2.14. The molecule has 0 aliphatic carbocycles. The van der Waals surface area contributed by atoms with Gasteiger partial charge in [0.25, 0.3) is 5.91 Å². The summed E-state index contributed by atoms with van der Waals surface area (Å²) in [4.78, 5) is 16.5. The van der Waals surface area contributed by atoms with E-state index < -0.39 is 5.91 Å². The lowest BCUT2D eigenvalue weighted by molar-refractivity contribution is 0.100. The Labute approximate surface area is 155 Å². The molecule has 0 fully saturated rings. The first-order chi connectivity index (χ1) is 12.4. The Bertz CT molecular complexity index is 1000. The van der Waals surface area contributed by atoms with Gasteiger partial charge in [-0.1, -0.05) is 17.7 Å². The summed E-state index contributed by atoms with van der Waals surface area (Å²) >= 11 is 6.07. The SMILES string of the molecule is COc1cc2cc(C(N)=O)c(Nc3cc(Cl)ccc3C)nc2cc1OC. The summed E-state index contributed by atoms with van der Waals surface area (Å²) in [6.07, 6.45) is 0. The largest absolute Gasteiger partial charge is 0.493 e. The van der Waals surface area contributed by atoms with Crippen molar-refractivity contribution in [2.24, 2.45) is 5.73 Å². The van der Waals surface area contributed by atoms with Crippen LogP contribution < -0.4 is 20.5 Å². The number of rotatable bonds is 5. The normalized spacial score (nSPS) is 10.6. The first kappa shape index (κ1) is 17.8. The van der Waals surface area contributed by atoms with Crippen LogP contribution >= 0.6 is 11.6 Å². The summed E-state index contributed by atoms with van der Waals surface area (Å²) < 4.78 is 10.6. The number of nitrogens with two attached hydrogens (primary N) is 1. The fourth-order valence-corrected chi connectivity index (χ4v) is 2.81. The molecule has 0 unspecified atom stereocenters. The van der Waals surface area contributed by atoms with Crippen LogP contribution in [-0.4, -0.2) is 25.1 Å². The number of pyridine rings is 1. The minimum atomic E-state index is -0.587. The van der Waals surface area contributed by atoms with E-state index in [-0.39, 0.29) is 5.56 Å². The highest BCUT2D eigenvalue weighted by Crippen LogP contribution is 2.34. The number of fused-ring (bicyclic) bond motifs is 1. The van der Waals surface area contributed by atoms with Crippen molar-refractivity contribution in [1.82, 2.24) is 4.98 Å². The maximum atomic E-state index is 11.9. The monoisotopic (exact) mass is 371 g/mol. The highest BCUT2D eigenvalue weighted by molar-refractivity contribution is 6.30. The van der Waals surface area contributed by atoms with E-state index in [0.29, 0.717) is 33.2 Å². The van der Waals surface area contributed by atoms with Crippen molar-refractivity contribution in [2.45, 2.75) is 6.92 Å². The molecule has 0 saturated heterocycles. The second kappa shape index (κ2) is 7.09. The number of methoxy groups -OCH3 is 2. The van der Waals surface area contributed by atoms with Crippen molar-refractivity contribution in [1.29, 1.82) is 0 Å². The molecule has 0 aliphatic rings. The summed E-state index contributed by atoms with van der Waals surface area (Å²) in [5, 5.41) is 4.44. The van der Waals surface area contributed by atoms with Gasteiger partial charge in [0.05, 0.1) is 25.3 Å². The lowest BCUT2D eigenvalue weighted by Gasteiger charge is -2.14. The molecular weight excluding hydrogens is 354 g/mol. The van der Waals surface area contributed by atoms with Crippen LogP contribution in [-0.2, 0) is 0 Å². The van der Waals surface area contributed by atoms with Crippen molar-refractivity contribution < 1.29 is 14.3 Å². The third-order valence-corrected chi connectivity index (χ3v) is 4.27. The molecule has 26 heavy (non-hydrogen) atoms. The van der Waals surface area contributed by atoms with Crippen LogP contribution in [0.5, 0.6) is 11.5 Å². The number of carbonyl (C=O) groups is 1. The second-order valence-corrected chi connectivity index (χ2v) is 6.17. The molecule has 134 valence electrons. The zero-order chi connectivity index (χ0) is 18.8. The fourth-order valence-electron chi connectivity index (χ4n) is 2.64. The number of primary amides is 1. The highest BCUT2D eigenvalue weighted by atomic mass is 35.5. The number of halogens is 1. The quantitative estimate of drug-likeness (QED) is 0.706. The standard InChI is InChI=1S/C19H18ClN3O3/c1-10-4-5-12(20)8-14(10)22-19-13(18(21)24)6-11-7-16(25-2)17(26-3)9-15(11)23-19/h4-9H,1-3H3,(H2,21,24)(H,22,23). The molecule has 0 saturated carbocycles. The summed E-state index contributed by atoms with van der Waals surface area (Å²) in [6.45, 7) is 1.93. The van der Waals surface area contributed by atoms with E-state index in [1.54, 1.807) is 44.6 Å². The average Bonchev–Trinajstić information content (AvgIpc) is 2.62. The average molecular weight is 372 g/mol. The zero-order valence-corrected chi connectivity index (χ0v) is 15.3. The van der Waals surface area contributed by atoms with E-state index >= 15 is 0 Å². The number of amides is 1. The van der Waals surface area contributed by atoms with Gasteiger partial charge in [-0.25, -0.2) is 4.98 Å². The molecule has 3 N–H and O–H groups in total. The predicted molar refractivity (Wildman–Crippen MR) is 103 cm³/mol. The number of nitrogens with one attached hydrogen (secondary N) is 1. The number of carbonyl (C=O) groups excluding carboxylic acids is 1. The fraction of sp³-hybridized carbons (Fsp3) is 0.158. The summed E-state index contributed by atoms with van der Waals surface area (Å²) in [7, 11) is 3.10. The molecule has 1 heterocycles. The van der Waals surface area contributed by atoms with Gasteiger partial charge >= 0.3 is 0 Å². The summed E-state index contributed by atoms with van der Waals surface area (Å²) in [5.41, 5.74) is 8.16. The highest BCUT2D eigenvalue weighted by Gasteiger charge is 2.15. The Balaban J connectivity index is 2.18. The van der Waals surface area contributed by atoms with E-state index in [2.05, 4.69) is 10.3 Å². The van der Waals surface area contributed by atoms with Crippen LogP contribution in [0.15, 0.2) is 36.4 Å². The van der Waals surface area contributed by atoms with Gasteiger partial charge < -0.3 is 20.5 Å². The zero-order valence-electron chi connectivity index (χ0n) is 14.6. The minimum absolute atomic E-state index is 0.268. The van der Waals surface area contributed by atoms with E-state index in [0.717, 1.165) is 11.3 Å². The number of anilines is 2. The molecule has 0 aliphatic heterocycles. The molecule has 0 radical (unpaired) electrons. The first-order valence-corrected chi connectivity index (χ1v) is 8.20. The van der Waals surface area contributed by atoms with Gasteiger partial charge in [0.1, 0.15) is 5.82 Å². The topological polar surface area (TPSA) is 86.5 Å². The van der Waals surface area contributed by atoms with Crippen molar-refractivity contribution in [3.05, 3.63) is 52.5 Å². The van der Waals surface area contributed by atoms with Gasteiger partial charge in [-0.05, 0) is 36.8 Å². The second-order valence-electron chi connectivity index (χ2n) is 5.73. The van der Waals surface area contributed by atoms with Gasteiger partial charge in [0.15, 0.2) is 11.5 Å². The number of nitrogens with zero attached hydrogens (tertiary/aromatic N) is 1. The third kappa shape index (κ3) is 3.36. The van der Waals surface area contributed by atoms with Gasteiger partial charge in [-0.15, -0.1) is 0 Å². The van der Waals surface area contributed by atoms with Gasteiger partial charge in [-0.2, -0.15) is 0 Å². The van der Waals surface area contributed by atoms with Crippen LogP contribution in [0.4, 0.5) is 11.5 Å². The number of aromatic nitrogens is 1. The van der Waals surface area contributed by atoms with Crippen LogP contribution in [0.25, 0.3) is 10.9 Å². The van der Waals surface area contributed by atoms with Gasteiger partial charge in [-0.3, -0.25) is 4.79 Å². The molecule has 1 amide bonds. The molecule has 0 spiro atoms. The number of hydrogen-bond acceptors (Lipinski definition) is 5. The van der Waals surface area contributed by atoms with Crippen molar-refractivity contribution >= 4 is 39.9 Å². The summed E-state index contributed by atoms with van der Waals surface area (Å²) in [6, 6.07) is 10.6. The Morgan fingerprint density at radius 2 is 1.81 bits per heavy atom. The number of hydrogen-bond donors (Lipinski definition) is 2. The number of benzene rings is 2. The van der Waals surface area contributed by atoms with Crippen LogP contribution in [0, 0.1) is 6.92 Å². The van der Waals surface area contributed by atoms with Crippen LogP contribution in [0.2, 0.25) is 5.02 Å². The molecule has 3 rings (SSSR count). The Hall–Kier alpha value is -2.99. The van der Waals surface area contributed by atoms with Crippen LogP contribution in [0.3, 0.4) is 0 Å². The van der Waals surface area contributed by atoms with Crippen LogP contribution in [0.1, 0.15) is 15.9 Å². The van der Waals surface area contributed by atoms with E-state index in [4.69, 9.17) is 26.8 Å². The molecule has 0 atom stereocenters. The Morgan fingerprint density at radius 3 is 2.46 bits per heavy atom. The number of ether oxygens (including phenoxy) is 2. The molecular formula is C19H18ClN3O3. The third-order valence-electron chi connectivity index (χ3n) is 4.04. The summed E-state index contributed by atoms with van der Waals surface area (Å²) in [5.74, 6) is 0.853. The maximum Gasteiger partial charge on any atom is 0.252 e. The minimum Gasteiger partial charge on any atom is -0.493 e. The maximum absolute atomic E-state index is 11.9. The van der Waals surface area contributed by atoms with Crippen molar-refractivity contribution in [3.8, 4) is 11.5 Å². The van der Waals surface area contributed by atoms with Crippen molar-refractivity contribution in [3.63, 3.8) is 0 Å².